The molecule has 6 heteroatoms. The Morgan fingerprint density at radius 3 is 1.71 bits per heavy atom. The summed E-state index contributed by atoms with van der Waals surface area (Å²) in [6.45, 7) is 6.18. The minimum absolute atomic E-state index is 0.146. The Morgan fingerprint density at radius 2 is 1.26 bits per heavy atom. The van der Waals surface area contributed by atoms with Crippen LogP contribution in [-0.2, 0) is 19.0 Å². The van der Waals surface area contributed by atoms with E-state index in [-0.39, 0.29) is 18.5 Å². The molecule has 0 aliphatic heterocycles. The molecule has 1 amide bonds. The zero-order valence-electron chi connectivity index (χ0n) is 19.2. The van der Waals surface area contributed by atoms with Crippen molar-refractivity contribution in [2.24, 2.45) is 0 Å². The quantitative estimate of drug-likeness (QED) is 0.170. The molecule has 1 N–H and O–H groups in total. The topological polar surface area (TPSA) is 64.6 Å². The van der Waals surface area contributed by atoms with Gasteiger partial charge in [0.1, 0.15) is 11.4 Å². The molecule has 0 bridgehead atoms. The molecular formula is C28H29NO4S. The summed E-state index contributed by atoms with van der Waals surface area (Å²) in [6, 6.07) is 30.2. The molecule has 0 aliphatic rings. The van der Waals surface area contributed by atoms with Gasteiger partial charge in [-0.05, 0) is 35.4 Å². The number of esters is 1. The normalized spacial score (nSPS) is 11.0. The van der Waals surface area contributed by atoms with Crippen LogP contribution in [0.2, 0.25) is 0 Å². The lowest BCUT2D eigenvalue weighted by molar-refractivity contribution is -0.140. The smallest absolute Gasteiger partial charge is 0.333 e. The van der Waals surface area contributed by atoms with Gasteiger partial charge in [-0.2, -0.15) is 0 Å². The molecular weight excluding hydrogens is 446 g/mol. The van der Waals surface area contributed by atoms with Crippen molar-refractivity contribution in [2.75, 3.05) is 26.4 Å². The van der Waals surface area contributed by atoms with Gasteiger partial charge in [0.2, 0.25) is 0 Å². The molecule has 176 valence electrons. The van der Waals surface area contributed by atoms with Crippen LogP contribution in [0.4, 0.5) is 4.79 Å². The van der Waals surface area contributed by atoms with E-state index in [0.717, 1.165) is 16.7 Å². The van der Waals surface area contributed by atoms with Gasteiger partial charge in [0.25, 0.3) is 5.24 Å². The number of hydrogen-bond donors (Lipinski definition) is 1. The van der Waals surface area contributed by atoms with E-state index in [1.165, 1.54) is 11.8 Å². The molecule has 0 fully saturated rings. The summed E-state index contributed by atoms with van der Waals surface area (Å²) in [5.41, 5.74) is 3.40. The van der Waals surface area contributed by atoms with E-state index < -0.39 is 10.7 Å². The van der Waals surface area contributed by atoms with Crippen LogP contribution in [-0.4, -0.2) is 37.6 Å². The van der Waals surface area contributed by atoms with Crippen molar-refractivity contribution in [3.8, 4) is 0 Å². The molecule has 0 aromatic heterocycles. The number of benzene rings is 3. The molecule has 34 heavy (non-hydrogen) atoms. The van der Waals surface area contributed by atoms with Crippen LogP contribution in [0.25, 0.3) is 0 Å². The number of thioether (sulfide) groups is 1. The number of carbonyl (C=O) groups excluding carboxylic acids is 2. The lowest BCUT2D eigenvalue weighted by Gasteiger charge is -2.34. The van der Waals surface area contributed by atoms with Crippen molar-refractivity contribution in [2.45, 2.75) is 11.7 Å². The molecule has 3 aromatic rings. The van der Waals surface area contributed by atoms with Gasteiger partial charge < -0.3 is 14.8 Å². The lowest BCUT2D eigenvalue weighted by atomic mass is 9.84. The zero-order chi connectivity index (χ0) is 24.2. The number of ether oxygens (including phenoxy) is 2. The average Bonchev–Trinajstić information content (AvgIpc) is 2.88. The van der Waals surface area contributed by atoms with Gasteiger partial charge in [-0.3, -0.25) is 4.79 Å². The molecule has 0 atom stereocenters. The molecule has 5 nitrogen and oxygen atoms in total. The van der Waals surface area contributed by atoms with Crippen molar-refractivity contribution in [1.82, 2.24) is 5.32 Å². The highest BCUT2D eigenvalue weighted by molar-refractivity contribution is 8.14. The Balaban J connectivity index is 1.71. The Morgan fingerprint density at radius 1 is 0.794 bits per heavy atom. The van der Waals surface area contributed by atoms with Crippen molar-refractivity contribution < 1.29 is 19.1 Å². The molecule has 0 unspecified atom stereocenters. The number of hydrogen-bond acceptors (Lipinski definition) is 5. The van der Waals surface area contributed by atoms with Crippen LogP contribution in [0.3, 0.4) is 0 Å². The first-order chi connectivity index (χ1) is 16.5. The summed E-state index contributed by atoms with van der Waals surface area (Å²) in [7, 11) is 0. The van der Waals surface area contributed by atoms with Crippen molar-refractivity contribution in [1.29, 1.82) is 0 Å². The Labute approximate surface area is 205 Å². The van der Waals surface area contributed by atoms with E-state index in [0.29, 0.717) is 18.7 Å². The fourth-order valence-electron chi connectivity index (χ4n) is 3.51. The van der Waals surface area contributed by atoms with Crippen LogP contribution < -0.4 is 5.32 Å². The van der Waals surface area contributed by atoms with Crippen LogP contribution in [0.1, 0.15) is 23.6 Å². The van der Waals surface area contributed by atoms with Gasteiger partial charge in [-0.15, -0.1) is 0 Å². The molecule has 0 aliphatic carbocycles. The van der Waals surface area contributed by atoms with Crippen molar-refractivity contribution in [3.05, 3.63) is 120 Å². The summed E-state index contributed by atoms with van der Waals surface area (Å²) < 4.78 is 9.74. The average molecular weight is 476 g/mol. The second-order valence-corrected chi connectivity index (χ2v) is 8.81. The molecule has 0 saturated heterocycles. The van der Waals surface area contributed by atoms with E-state index in [4.69, 9.17) is 9.47 Å². The van der Waals surface area contributed by atoms with E-state index in [1.807, 2.05) is 54.6 Å². The van der Waals surface area contributed by atoms with E-state index >= 15 is 0 Å². The number of nitrogens with one attached hydrogen (secondary N) is 1. The molecule has 3 aromatic carbocycles. The maximum absolute atomic E-state index is 13.1. The Bertz CT molecular complexity index is 975. The fraction of sp³-hybridized carbons (Fsp3) is 0.214. The summed E-state index contributed by atoms with van der Waals surface area (Å²) in [4.78, 5) is 24.5. The van der Waals surface area contributed by atoms with Crippen LogP contribution in [0.15, 0.2) is 103 Å². The lowest BCUT2D eigenvalue weighted by Crippen LogP contribution is -2.32. The third kappa shape index (κ3) is 6.59. The Kier molecular flexibility index (Phi) is 9.50. The highest BCUT2D eigenvalue weighted by Crippen LogP contribution is 2.48. The minimum atomic E-state index is -0.717. The molecule has 0 heterocycles. The first kappa shape index (κ1) is 25.3. The minimum Gasteiger partial charge on any atom is -0.460 e. The first-order valence-electron chi connectivity index (χ1n) is 11.1. The van der Waals surface area contributed by atoms with Crippen molar-refractivity contribution in [3.63, 3.8) is 0 Å². The third-order valence-electron chi connectivity index (χ3n) is 5.11. The monoisotopic (exact) mass is 475 g/mol. The predicted molar refractivity (Wildman–Crippen MR) is 137 cm³/mol. The Hall–Kier alpha value is -3.35. The van der Waals surface area contributed by atoms with Gasteiger partial charge in [-0.25, -0.2) is 4.79 Å². The standard InChI is InChI=1S/C28H29NO4S/c1-22(2)26(30)33-21-20-32-19-18-29-27(31)34-28(23-12-6-3-7-13-23,24-14-8-4-9-15-24)25-16-10-5-11-17-25/h3-17H,1,18-21H2,2H3,(H,29,31). The van der Waals surface area contributed by atoms with Gasteiger partial charge in [-0.1, -0.05) is 97.6 Å². The maximum atomic E-state index is 13.1. The van der Waals surface area contributed by atoms with E-state index in [9.17, 15) is 9.59 Å². The number of rotatable bonds is 11. The molecule has 3 rings (SSSR count). The number of amides is 1. The largest absolute Gasteiger partial charge is 0.460 e. The molecule has 0 radical (unpaired) electrons. The first-order valence-corrected chi connectivity index (χ1v) is 11.9. The van der Waals surface area contributed by atoms with Gasteiger partial charge in [0.15, 0.2) is 0 Å². The highest BCUT2D eigenvalue weighted by Gasteiger charge is 2.39. The maximum Gasteiger partial charge on any atom is 0.333 e. The molecule has 0 spiro atoms. The summed E-state index contributed by atoms with van der Waals surface area (Å²) in [5, 5.41) is 2.78. The van der Waals surface area contributed by atoms with Gasteiger partial charge >= 0.3 is 5.97 Å². The van der Waals surface area contributed by atoms with Crippen LogP contribution in [0, 0.1) is 0 Å². The van der Waals surface area contributed by atoms with E-state index in [1.54, 1.807) is 6.92 Å². The second-order valence-electron chi connectivity index (χ2n) is 7.62. The van der Waals surface area contributed by atoms with Crippen LogP contribution >= 0.6 is 11.8 Å². The number of carbonyl (C=O) groups is 2. The fourth-order valence-corrected chi connectivity index (χ4v) is 4.73. The summed E-state index contributed by atoms with van der Waals surface area (Å²) in [5.74, 6) is -0.438. The second kappa shape index (κ2) is 12.8. The SMILES string of the molecule is C=C(C)C(=O)OCCOCCNC(=O)SC(c1ccccc1)(c1ccccc1)c1ccccc1. The summed E-state index contributed by atoms with van der Waals surface area (Å²) in [6.07, 6.45) is 0. The van der Waals surface area contributed by atoms with Crippen LogP contribution in [0.5, 0.6) is 0 Å². The van der Waals surface area contributed by atoms with Gasteiger partial charge in [0, 0.05) is 12.1 Å². The zero-order valence-corrected chi connectivity index (χ0v) is 20.1. The summed E-state index contributed by atoms with van der Waals surface area (Å²) >= 11 is 1.24. The van der Waals surface area contributed by atoms with E-state index in [2.05, 4.69) is 48.3 Å². The highest BCUT2D eigenvalue weighted by atomic mass is 32.2. The van der Waals surface area contributed by atoms with Crippen molar-refractivity contribution >= 4 is 23.0 Å². The molecule has 0 saturated carbocycles. The third-order valence-corrected chi connectivity index (χ3v) is 6.45. The predicted octanol–water partition coefficient (Wildman–Crippen LogP) is 5.56. The van der Waals surface area contributed by atoms with Gasteiger partial charge in [0.05, 0.1) is 13.2 Å².